The Labute approximate surface area is 149 Å². The van der Waals surface area contributed by atoms with Gasteiger partial charge in [0.2, 0.25) is 0 Å². The van der Waals surface area contributed by atoms with Gasteiger partial charge in [-0.25, -0.2) is 9.64 Å². The molecule has 1 atom stereocenters. The van der Waals surface area contributed by atoms with Crippen LogP contribution in [-0.4, -0.2) is 41.7 Å². The van der Waals surface area contributed by atoms with E-state index in [4.69, 9.17) is 11.2 Å². The van der Waals surface area contributed by atoms with Crippen molar-refractivity contribution in [3.63, 3.8) is 0 Å². The van der Waals surface area contributed by atoms with Gasteiger partial charge in [0.1, 0.15) is 32.9 Å². The number of halogens is 1. The number of rotatable bonds is 8. The Bertz CT molecular complexity index is 346. The molecule has 0 amide bonds. The van der Waals surface area contributed by atoms with E-state index in [2.05, 4.69) is 97.6 Å². The maximum Gasteiger partial charge on any atom is 0.156 e. The average Bonchev–Trinajstić information content (AvgIpc) is 2.16. The highest BCUT2D eigenvalue weighted by Crippen LogP contribution is 2.45. The van der Waals surface area contributed by atoms with Gasteiger partial charge in [-0.1, -0.05) is 89.8 Å². The third kappa shape index (κ3) is 8.50. The number of hydrogen-bond donors (Lipinski definition) is 2. The first-order chi connectivity index (χ1) is 9.36. The number of nitrogens with one attached hydrogen (secondary N) is 2. The second-order valence-corrected chi connectivity index (χ2v) is 31.9. The van der Waals surface area contributed by atoms with Crippen molar-refractivity contribution in [2.75, 3.05) is 0 Å². The monoisotopic (exact) mass is 416 g/mol. The Hall–Kier alpha value is 1.43. The molecule has 0 aliphatic heterocycles. The second-order valence-electron chi connectivity index (χ2n) is 9.88. The molecule has 134 valence electrons. The van der Waals surface area contributed by atoms with Gasteiger partial charge in [-0.2, -0.15) is 0 Å². The van der Waals surface area contributed by atoms with Crippen LogP contribution in [-0.2, 0) is 0 Å². The maximum absolute atomic E-state index is 6.92. The van der Waals surface area contributed by atoms with Crippen molar-refractivity contribution in [3.05, 3.63) is 0 Å². The van der Waals surface area contributed by atoms with E-state index in [1.54, 1.807) is 0 Å². The zero-order valence-electron chi connectivity index (χ0n) is 16.7. The average molecular weight is 417 g/mol. The summed E-state index contributed by atoms with van der Waals surface area (Å²) in [5.74, 6) is 0. The maximum atomic E-state index is 6.92. The van der Waals surface area contributed by atoms with E-state index in [0.29, 0.717) is 0 Å². The Morgan fingerprint density at radius 2 is 1.05 bits per heavy atom. The Balaban J connectivity index is 5.36. The van der Waals surface area contributed by atoms with Crippen LogP contribution in [0.3, 0.4) is 0 Å². The van der Waals surface area contributed by atoms with E-state index in [0.717, 1.165) is 0 Å². The van der Waals surface area contributed by atoms with Crippen molar-refractivity contribution in [2.45, 2.75) is 78.6 Å². The lowest BCUT2D eigenvalue weighted by Crippen LogP contribution is -2.66. The molecule has 0 aromatic rings. The lowest BCUT2D eigenvalue weighted by atomic mass is 11.8. The van der Waals surface area contributed by atoms with Crippen LogP contribution >= 0.6 is 18.8 Å². The normalized spacial score (nSPS) is 16.5. The standard InChI is InChI=1S/C12H38ClN4PSi4/c1-19(2,3)15-16(20(4,5)6)18(13)14-17(21(7,8)9)22(10,11)12/h14-15H,1-12H3. The van der Waals surface area contributed by atoms with Crippen LogP contribution in [0.15, 0.2) is 0 Å². The topological polar surface area (TPSA) is 30.5 Å². The van der Waals surface area contributed by atoms with E-state index in [-0.39, 0.29) is 0 Å². The van der Waals surface area contributed by atoms with E-state index < -0.39 is 40.5 Å². The lowest BCUT2D eigenvalue weighted by Gasteiger charge is -2.48. The molecule has 0 radical (unpaired) electrons. The van der Waals surface area contributed by atoms with Crippen molar-refractivity contribution in [1.82, 2.24) is 19.1 Å². The Morgan fingerprint density at radius 1 is 0.682 bits per heavy atom. The summed E-state index contributed by atoms with van der Waals surface area (Å²) >= 11 is 6.92. The van der Waals surface area contributed by atoms with Crippen LogP contribution in [0.25, 0.3) is 0 Å². The lowest BCUT2D eigenvalue weighted by molar-refractivity contribution is 0.542. The number of hydrazine groups is 2. The van der Waals surface area contributed by atoms with Crippen molar-refractivity contribution in [3.8, 4) is 0 Å². The fourth-order valence-corrected chi connectivity index (χ4v) is 23.0. The van der Waals surface area contributed by atoms with Crippen LogP contribution in [0.5, 0.6) is 0 Å². The summed E-state index contributed by atoms with van der Waals surface area (Å²) in [4.78, 5) is 0. The number of hydrogen-bond acceptors (Lipinski definition) is 4. The quantitative estimate of drug-likeness (QED) is 0.314. The van der Waals surface area contributed by atoms with E-state index in [9.17, 15) is 0 Å². The SMILES string of the molecule is C[Si](C)(C)NN(P(Cl)NN([Si](C)(C)C)[Si](C)(C)C)[Si](C)(C)C. The molecule has 1 unspecified atom stereocenters. The predicted octanol–water partition coefficient (Wildman–Crippen LogP) is 5.40. The fraction of sp³-hybridized carbons (Fsp3) is 1.00. The minimum Gasteiger partial charge on any atom is -0.281 e. The summed E-state index contributed by atoms with van der Waals surface area (Å²) in [6.45, 7) is 28.4. The molecule has 10 heteroatoms. The van der Waals surface area contributed by atoms with Crippen LogP contribution in [0, 0.1) is 0 Å². The minimum absolute atomic E-state index is 0.928. The highest BCUT2D eigenvalue weighted by molar-refractivity contribution is 7.81. The van der Waals surface area contributed by atoms with Gasteiger partial charge in [0, 0.05) is 0 Å². The van der Waals surface area contributed by atoms with Crippen molar-refractivity contribution in [1.29, 1.82) is 0 Å². The first-order valence-corrected chi connectivity index (χ1v) is 24.0. The zero-order chi connectivity index (χ0) is 18.1. The Morgan fingerprint density at radius 3 is 1.27 bits per heavy atom. The summed E-state index contributed by atoms with van der Waals surface area (Å²) in [7, 11) is -6.83. The first kappa shape index (κ1) is 23.4. The fourth-order valence-electron chi connectivity index (χ4n) is 2.23. The van der Waals surface area contributed by atoms with Crippen molar-refractivity contribution >= 4 is 51.8 Å². The minimum atomic E-state index is -1.55. The highest BCUT2D eigenvalue weighted by atomic mass is 35.7. The molecule has 0 aliphatic carbocycles. The third-order valence-corrected chi connectivity index (χ3v) is 17.1. The van der Waals surface area contributed by atoms with Crippen LogP contribution < -0.4 is 10.3 Å². The molecule has 0 aromatic heterocycles. The van der Waals surface area contributed by atoms with E-state index in [1.807, 2.05) is 0 Å². The molecular weight excluding hydrogens is 379 g/mol. The summed E-state index contributed by atoms with van der Waals surface area (Å²) in [5, 5.41) is 7.51. The molecule has 4 nitrogen and oxygen atoms in total. The van der Waals surface area contributed by atoms with Crippen molar-refractivity contribution in [2.24, 2.45) is 0 Å². The molecule has 0 rings (SSSR count). The predicted molar refractivity (Wildman–Crippen MR) is 116 cm³/mol. The van der Waals surface area contributed by atoms with E-state index >= 15 is 0 Å². The van der Waals surface area contributed by atoms with Gasteiger partial charge < -0.3 is 0 Å². The van der Waals surface area contributed by atoms with Crippen LogP contribution in [0.4, 0.5) is 0 Å². The third-order valence-electron chi connectivity index (χ3n) is 2.78. The van der Waals surface area contributed by atoms with Gasteiger partial charge in [0.15, 0.2) is 7.58 Å². The molecule has 0 bridgehead atoms. The zero-order valence-corrected chi connectivity index (χ0v) is 22.4. The largest absolute Gasteiger partial charge is 0.281 e. The van der Waals surface area contributed by atoms with Gasteiger partial charge >= 0.3 is 0 Å². The molecule has 0 aliphatic rings. The molecular formula is C12H38ClN4PSi4. The van der Waals surface area contributed by atoms with E-state index in [1.165, 1.54) is 0 Å². The summed E-state index contributed by atoms with van der Waals surface area (Å²) in [6.07, 6.45) is 0. The van der Waals surface area contributed by atoms with Crippen molar-refractivity contribution < 1.29 is 0 Å². The van der Waals surface area contributed by atoms with Gasteiger partial charge in [-0.3, -0.25) is 9.43 Å². The van der Waals surface area contributed by atoms with Crippen LogP contribution in [0.2, 0.25) is 78.6 Å². The molecule has 0 fully saturated rings. The smallest absolute Gasteiger partial charge is 0.156 e. The molecule has 0 saturated heterocycles. The molecule has 0 spiro atoms. The van der Waals surface area contributed by atoms with Gasteiger partial charge in [-0.15, -0.1) is 0 Å². The molecule has 2 N–H and O–H groups in total. The van der Waals surface area contributed by atoms with Gasteiger partial charge in [0.25, 0.3) is 0 Å². The first-order valence-electron chi connectivity index (χ1n) is 7.96. The second kappa shape index (κ2) is 7.76. The highest BCUT2D eigenvalue weighted by Gasteiger charge is 2.40. The molecule has 0 aromatic carbocycles. The van der Waals surface area contributed by atoms with Gasteiger partial charge in [0.05, 0.1) is 0 Å². The summed E-state index contributed by atoms with van der Waals surface area (Å²) in [5.41, 5.74) is 0. The number of nitrogens with zero attached hydrogens (tertiary/aromatic N) is 2. The molecule has 22 heavy (non-hydrogen) atoms. The summed E-state index contributed by atoms with van der Waals surface area (Å²) < 4.78 is 4.96. The Kier molecular flexibility index (Phi) is 8.26. The van der Waals surface area contributed by atoms with Gasteiger partial charge in [-0.05, 0) is 0 Å². The van der Waals surface area contributed by atoms with Crippen LogP contribution in [0.1, 0.15) is 0 Å². The molecule has 0 heterocycles. The molecule has 0 saturated carbocycles. The summed E-state index contributed by atoms with van der Waals surface area (Å²) in [6, 6.07) is 0.